The zero-order valence-electron chi connectivity index (χ0n) is 12.8. The minimum Gasteiger partial charge on any atom is -0.325 e. The minimum absolute atomic E-state index is 0.0993. The molecule has 2 fully saturated rings. The number of carbonyl (C=O) groups is 1. The fraction of sp³-hybridized carbons (Fsp3) is 0.588. The molecule has 114 valence electrons. The zero-order valence-corrected chi connectivity index (χ0v) is 12.8. The van der Waals surface area contributed by atoms with Crippen LogP contribution in [0.25, 0.3) is 0 Å². The molecule has 1 aromatic rings. The Balaban J connectivity index is 1.50. The van der Waals surface area contributed by atoms with Crippen LogP contribution in [0, 0.1) is 5.41 Å². The first-order valence-corrected chi connectivity index (χ1v) is 8.01. The van der Waals surface area contributed by atoms with E-state index in [0.717, 1.165) is 38.3 Å². The summed E-state index contributed by atoms with van der Waals surface area (Å²) < 4.78 is 0. The number of nitrogens with one attached hydrogen (secondary N) is 2. The van der Waals surface area contributed by atoms with Crippen LogP contribution in [-0.2, 0) is 11.2 Å². The summed E-state index contributed by atoms with van der Waals surface area (Å²) in [4.78, 5) is 14.5. The van der Waals surface area contributed by atoms with Gasteiger partial charge in [-0.15, -0.1) is 0 Å². The topological polar surface area (TPSA) is 44.4 Å². The molecule has 2 heterocycles. The molecule has 1 spiro atoms. The second-order valence-corrected chi connectivity index (χ2v) is 6.49. The standard InChI is InChI=1S/C17H25N3O/c1-2-14-3-5-15(6-4-14)19-16(21)11-20-10-8-17(13-20)7-9-18-12-17/h3-6,18H,2,7-13H2,1H3,(H,19,21). The normalized spacial score (nSPS) is 25.6. The van der Waals surface area contributed by atoms with E-state index in [9.17, 15) is 4.79 Å². The van der Waals surface area contributed by atoms with E-state index in [1.165, 1.54) is 18.4 Å². The number of anilines is 1. The largest absolute Gasteiger partial charge is 0.325 e. The number of amides is 1. The highest BCUT2D eigenvalue weighted by Crippen LogP contribution is 2.35. The van der Waals surface area contributed by atoms with Gasteiger partial charge in [0.1, 0.15) is 0 Å². The summed E-state index contributed by atoms with van der Waals surface area (Å²) >= 11 is 0. The highest BCUT2D eigenvalue weighted by molar-refractivity contribution is 5.92. The number of carbonyl (C=O) groups excluding carboxylic acids is 1. The molecular weight excluding hydrogens is 262 g/mol. The second-order valence-electron chi connectivity index (χ2n) is 6.49. The third-order valence-electron chi connectivity index (χ3n) is 4.86. The summed E-state index contributed by atoms with van der Waals surface area (Å²) in [6, 6.07) is 8.13. The molecule has 1 aromatic carbocycles. The van der Waals surface area contributed by atoms with Crippen molar-refractivity contribution in [3.63, 3.8) is 0 Å². The van der Waals surface area contributed by atoms with E-state index < -0.39 is 0 Å². The molecule has 1 unspecified atom stereocenters. The Hall–Kier alpha value is -1.39. The average Bonchev–Trinajstić information content (AvgIpc) is 3.10. The van der Waals surface area contributed by atoms with Crippen LogP contribution < -0.4 is 10.6 Å². The fourth-order valence-electron chi connectivity index (χ4n) is 3.53. The first-order valence-electron chi connectivity index (χ1n) is 8.01. The third kappa shape index (κ3) is 3.44. The SMILES string of the molecule is CCc1ccc(NC(=O)CN2CCC3(CCNC3)C2)cc1. The monoisotopic (exact) mass is 287 g/mol. The predicted octanol–water partition coefficient (Wildman–Crippen LogP) is 1.87. The van der Waals surface area contributed by atoms with Crippen molar-refractivity contribution in [3.8, 4) is 0 Å². The van der Waals surface area contributed by atoms with Gasteiger partial charge in [0.2, 0.25) is 5.91 Å². The van der Waals surface area contributed by atoms with Crippen molar-refractivity contribution in [1.29, 1.82) is 0 Å². The molecule has 2 aliphatic heterocycles. The van der Waals surface area contributed by atoms with Crippen LogP contribution in [0.2, 0.25) is 0 Å². The summed E-state index contributed by atoms with van der Waals surface area (Å²) in [5.74, 6) is 0.0993. The Morgan fingerprint density at radius 2 is 2.14 bits per heavy atom. The molecule has 0 aliphatic carbocycles. The summed E-state index contributed by atoms with van der Waals surface area (Å²) in [5, 5.41) is 6.46. The first kappa shape index (κ1) is 14.5. The number of hydrogen-bond acceptors (Lipinski definition) is 3. The second kappa shape index (κ2) is 6.16. The number of aryl methyl sites for hydroxylation is 1. The molecule has 0 aromatic heterocycles. The number of benzene rings is 1. The summed E-state index contributed by atoms with van der Waals surface area (Å²) in [7, 11) is 0. The minimum atomic E-state index is 0.0993. The van der Waals surface area contributed by atoms with Crippen molar-refractivity contribution >= 4 is 11.6 Å². The summed E-state index contributed by atoms with van der Waals surface area (Å²) in [6.45, 7) is 6.99. The third-order valence-corrected chi connectivity index (χ3v) is 4.86. The van der Waals surface area contributed by atoms with Crippen molar-refractivity contribution in [3.05, 3.63) is 29.8 Å². The van der Waals surface area contributed by atoms with Gasteiger partial charge in [-0.05, 0) is 55.5 Å². The van der Waals surface area contributed by atoms with Crippen molar-refractivity contribution in [1.82, 2.24) is 10.2 Å². The predicted molar refractivity (Wildman–Crippen MR) is 85.4 cm³/mol. The van der Waals surface area contributed by atoms with Gasteiger partial charge in [0, 0.05) is 18.8 Å². The summed E-state index contributed by atoms with van der Waals surface area (Å²) in [6.07, 6.45) is 3.50. The average molecular weight is 287 g/mol. The van der Waals surface area contributed by atoms with Gasteiger partial charge in [-0.2, -0.15) is 0 Å². The lowest BCUT2D eigenvalue weighted by Crippen LogP contribution is -2.34. The number of rotatable bonds is 4. The number of hydrogen-bond donors (Lipinski definition) is 2. The van der Waals surface area contributed by atoms with Gasteiger partial charge in [-0.3, -0.25) is 9.69 Å². The molecule has 0 radical (unpaired) electrons. The van der Waals surface area contributed by atoms with Crippen LogP contribution in [0.1, 0.15) is 25.3 Å². The van der Waals surface area contributed by atoms with Crippen LogP contribution in [0.3, 0.4) is 0 Å². The van der Waals surface area contributed by atoms with Gasteiger partial charge >= 0.3 is 0 Å². The lowest BCUT2D eigenvalue weighted by Gasteiger charge is -2.22. The molecule has 4 heteroatoms. The maximum atomic E-state index is 12.2. The van der Waals surface area contributed by atoms with Crippen molar-refractivity contribution in [2.24, 2.45) is 5.41 Å². The van der Waals surface area contributed by atoms with E-state index in [0.29, 0.717) is 12.0 Å². The number of likely N-dealkylation sites (tertiary alicyclic amines) is 1. The lowest BCUT2D eigenvalue weighted by atomic mass is 9.87. The molecule has 1 atom stereocenters. The van der Waals surface area contributed by atoms with Crippen LogP contribution >= 0.6 is 0 Å². The van der Waals surface area contributed by atoms with Gasteiger partial charge in [-0.1, -0.05) is 19.1 Å². The summed E-state index contributed by atoms with van der Waals surface area (Å²) in [5.41, 5.74) is 2.63. The van der Waals surface area contributed by atoms with Gasteiger partial charge in [0.25, 0.3) is 0 Å². The quantitative estimate of drug-likeness (QED) is 0.888. The molecule has 3 rings (SSSR count). The molecule has 2 N–H and O–H groups in total. The molecular formula is C17H25N3O. The van der Waals surface area contributed by atoms with Crippen molar-refractivity contribution in [2.75, 3.05) is 38.0 Å². The maximum absolute atomic E-state index is 12.2. The maximum Gasteiger partial charge on any atom is 0.238 e. The Morgan fingerprint density at radius 3 is 2.81 bits per heavy atom. The van der Waals surface area contributed by atoms with E-state index in [1.807, 2.05) is 12.1 Å². The highest BCUT2D eigenvalue weighted by Gasteiger charge is 2.40. The van der Waals surface area contributed by atoms with E-state index in [4.69, 9.17) is 0 Å². The van der Waals surface area contributed by atoms with Crippen molar-refractivity contribution in [2.45, 2.75) is 26.2 Å². The zero-order chi connectivity index (χ0) is 14.7. The van der Waals surface area contributed by atoms with Gasteiger partial charge in [0.05, 0.1) is 6.54 Å². The molecule has 2 saturated heterocycles. The Bertz CT molecular complexity index is 491. The number of nitrogens with zero attached hydrogens (tertiary/aromatic N) is 1. The van der Waals surface area contributed by atoms with E-state index >= 15 is 0 Å². The Morgan fingerprint density at radius 1 is 1.33 bits per heavy atom. The molecule has 4 nitrogen and oxygen atoms in total. The van der Waals surface area contributed by atoms with Crippen molar-refractivity contribution < 1.29 is 4.79 Å². The highest BCUT2D eigenvalue weighted by atomic mass is 16.2. The Labute approximate surface area is 126 Å². The van der Waals surface area contributed by atoms with Crippen LogP contribution in [0.5, 0.6) is 0 Å². The van der Waals surface area contributed by atoms with Crippen LogP contribution in [0.15, 0.2) is 24.3 Å². The van der Waals surface area contributed by atoms with Crippen LogP contribution in [-0.4, -0.2) is 43.5 Å². The molecule has 21 heavy (non-hydrogen) atoms. The Kier molecular flexibility index (Phi) is 4.27. The molecule has 2 aliphatic rings. The van der Waals surface area contributed by atoms with Crippen LogP contribution in [0.4, 0.5) is 5.69 Å². The van der Waals surface area contributed by atoms with Gasteiger partial charge < -0.3 is 10.6 Å². The van der Waals surface area contributed by atoms with E-state index in [2.05, 4.69) is 34.6 Å². The molecule has 0 saturated carbocycles. The van der Waals surface area contributed by atoms with E-state index in [1.54, 1.807) is 0 Å². The van der Waals surface area contributed by atoms with E-state index in [-0.39, 0.29) is 5.91 Å². The lowest BCUT2D eigenvalue weighted by molar-refractivity contribution is -0.117. The molecule has 0 bridgehead atoms. The first-order chi connectivity index (χ1) is 10.2. The smallest absolute Gasteiger partial charge is 0.238 e. The molecule has 1 amide bonds. The van der Waals surface area contributed by atoms with Gasteiger partial charge in [-0.25, -0.2) is 0 Å². The van der Waals surface area contributed by atoms with Gasteiger partial charge in [0.15, 0.2) is 0 Å². The fourth-order valence-corrected chi connectivity index (χ4v) is 3.53.